The molecule has 4 nitrogen and oxygen atoms in total. The standard InChI is InChI=1S/C16H19ClN2O2S2/c1-2-15-6-7-16(22-15)23(20,21)19-10-8-18(9-11-19)14-5-3-4-13(17)12-14/h3-7,12H,2,8-11H2,1H3. The van der Waals surface area contributed by atoms with Crippen LogP contribution in [-0.2, 0) is 16.4 Å². The molecule has 0 amide bonds. The Morgan fingerprint density at radius 2 is 1.87 bits per heavy atom. The molecule has 0 radical (unpaired) electrons. The zero-order chi connectivity index (χ0) is 16.4. The predicted molar refractivity (Wildman–Crippen MR) is 96.1 cm³/mol. The van der Waals surface area contributed by atoms with Crippen LogP contribution in [0.25, 0.3) is 0 Å². The van der Waals surface area contributed by atoms with Gasteiger partial charge in [-0.05, 0) is 36.8 Å². The fourth-order valence-corrected chi connectivity index (χ4v) is 5.73. The molecule has 7 heteroatoms. The number of hydrogen-bond donors (Lipinski definition) is 0. The van der Waals surface area contributed by atoms with Crippen LogP contribution in [0.2, 0.25) is 5.02 Å². The Kier molecular flexibility index (Phi) is 4.96. The van der Waals surface area contributed by atoms with Gasteiger partial charge in [-0.2, -0.15) is 4.31 Å². The van der Waals surface area contributed by atoms with Gasteiger partial charge in [-0.25, -0.2) is 8.42 Å². The maximum Gasteiger partial charge on any atom is 0.252 e. The van der Waals surface area contributed by atoms with Crippen LogP contribution in [0, 0.1) is 0 Å². The van der Waals surface area contributed by atoms with Crippen LogP contribution in [0.3, 0.4) is 0 Å². The van der Waals surface area contributed by atoms with Crippen molar-refractivity contribution >= 4 is 38.6 Å². The number of anilines is 1. The summed E-state index contributed by atoms with van der Waals surface area (Å²) in [4.78, 5) is 3.27. The summed E-state index contributed by atoms with van der Waals surface area (Å²) in [5.74, 6) is 0. The number of rotatable bonds is 4. The first-order chi connectivity index (χ1) is 11.0. The van der Waals surface area contributed by atoms with Crippen LogP contribution in [0.5, 0.6) is 0 Å². The summed E-state index contributed by atoms with van der Waals surface area (Å²) in [5.41, 5.74) is 1.04. The number of sulfonamides is 1. The molecule has 0 aliphatic carbocycles. The van der Waals surface area contributed by atoms with E-state index in [0.29, 0.717) is 35.4 Å². The zero-order valence-corrected chi connectivity index (χ0v) is 15.3. The highest BCUT2D eigenvalue weighted by atomic mass is 35.5. The maximum absolute atomic E-state index is 12.7. The van der Waals surface area contributed by atoms with Crippen LogP contribution in [0.4, 0.5) is 5.69 Å². The molecule has 1 saturated heterocycles. The van der Waals surface area contributed by atoms with E-state index < -0.39 is 10.0 Å². The first-order valence-electron chi connectivity index (χ1n) is 7.60. The number of piperazine rings is 1. The minimum Gasteiger partial charge on any atom is -0.369 e. The molecule has 0 bridgehead atoms. The second-order valence-electron chi connectivity index (χ2n) is 5.45. The first-order valence-corrected chi connectivity index (χ1v) is 10.2. The van der Waals surface area contributed by atoms with Gasteiger partial charge in [0.25, 0.3) is 10.0 Å². The van der Waals surface area contributed by atoms with E-state index in [1.165, 1.54) is 11.3 Å². The largest absolute Gasteiger partial charge is 0.369 e. The average molecular weight is 371 g/mol. The lowest BCUT2D eigenvalue weighted by Crippen LogP contribution is -2.48. The van der Waals surface area contributed by atoms with Crippen molar-refractivity contribution in [3.8, 4) is 0 Å². The fourth-order valence-electron chi connectivity index (χ4n) is 2.67. The zero-order valence-electron chi connectivity index (χ0n) is 12.9. The minimum absolute atomic E-state index is 0.450. The topological polar surface area (TPSA) is 40.6 Å². The first kappa shape index (κ1) is 16.8. The van der Waals surface area contributed by atoms with Crippen molar-refractivity contribution in [2.24, 2.45) is 0 Å². The molecule has 0 N–H and O–H groups in total. The number of benzene rings is 1. The van der Waals surface area contributed by atoms with Gasteiger partial charge in [0.2, 0.25) is 0 Å². The normalized spacial score (nSPS) is 16.7. The number of hydrogen-bond acceptors (Lipinski definition) is 4. The second kappa shape index (κ2) is 6.81. The maximum atomic E-state index is 12.7. The highest BCUT2D eigenvalue weighted by Gasteiger charge is 2.29. The van der Waals surface area contributed by atoms with Gasteiger partial charge in [0.1, 0.15) is 4.21 Å². The van der Waals surface area contributed by atoms with Crippen LogP contribution >= 0.6 is 22.9 Å². The van der Waals surface area contributed by atoms with E-state index in [9.17, 15) is 8.42 Å². The molecule has 0 unspecified atom stereocenters. The van der Waals surface area contributed by atoms with E-state index >= 15 is 0 Å². The third kappa shape index (κ3) is 3.55. The molecule has 2 aromatic rings. The van der Waals surface area contributed by atoms with Crippen LogP contribution in [0.15, 0.2) is 40.6 Å². The number of aryl methyl sites for hydroxylation is 1. The summed E-state index contributed by atoms with van der Waals surface area (Å²) in [5, 5.41) is 0.697. The summed E-state index contributed by atoms with van der Waals surface area (Å²) >= 11 is 7.40. The molecule has 0 spiro atoms. The number of thiophene rings is 1. The lowest BCUT2D eigenvalue weighted by molar-refractivity contribution is 0.386. The summed E-state index contributed by atoms with van der Waals surface area (Å²) in [6, 6.07) is 11.3. The lowest BCUT2D eigenvalue weighted by Gasteiger charge is -2.35. The molecule has 0 saturated carbocycles. The van der Waals surface area contributed by atoms with Crippen LogP contribution < -0.4 is 4.90 Å². The van der Waals surface area contributed by atoms with Crippen LogP contribution in [0.1, 0.15) is 11.8 Å². The summed E-state index contributed by atoms with van der Waals surface area (Å²) < 4.78 is 27.5. The summed E-state index contributed by atoms with van der Waals surface area (Å²) in [7, 11) is -3.37. The monoisotopic (exact) mass is 370 g/mol. The smallest absolute Gasteiger partial charge is 0.252 e. The van der Waals surface area contributed by atoms with E-state index in [2.05, 4.69) is 4.90 Å². The average Bonchev–Trinajstić information content (AvgIpc) is 3.05. The van der Waals surface area contributed by atoms with E-state index in [-0.39, 0.29) is 0 Å². The molecule has 1 aromatic carbocycles. The molecule has 3 rings (SSSR count). The van der Waals surface area contributed by atoms with Gasteiger partial charge in [-0.3, -0.25) is 0 Å². The fraction of sp³-hybridized carbons (Fsp3) is 0.375. The Balaban J connectivity index is 1.71. The second-order valence-corrected chi connectivity index (χ2v) is 9.21. The number of nitrogens with zero attached hydrogens (tertiary/aromatic N) is 2. The highest BCUT2D eigenvalue weighted by Crippen LogP contribution is 2.27. The molecule has 1 aliphatic rings. The van der Waals surface area contributed by atoms with Crippen molar-refractivity contribution in [1.82, 2.24) is 4.31 Å². The Morgan fingerprint density at radius 3 is 2.48 bits per heavy atom. The van der Waals surface area contributed by atoms with Crippen molar-refractivity contribution in [2.75, 3.05) is 31.1 Å². The van der Waals surface area contributed by atoms with E-state index in [1.807, 2.05) is 37.3 Å². The summed E-state index contributed by atoms with van der Waals surface area (Å²) in [6.07, 6.45) is 0.864. The quantitative estimate of drug-likeness (QED) is 0.827. The van der Waals surface area contributed by atoms with Gasteiger partial charge < -0.3 is 4.90 Å². The van der Waals surface area contributed by atoms with Crippen molar-refractivity contribution in [3.63, 3.8) is 0 Å². The Bertz CT molecular complexity index is 781. The minimum atomic E-state index is -3.37. The molecule has 124 valence electrons. The van der Waals surface area contributed by atoms with Crippen molar-refractivity contribution in [2.45, 2.75) is 17.6 Å². The van der Waals surface area contributed by atoms with Gasteiger partial charge in [-0.1, -0.05) is 24.6 Å². The van der Waals surface area contributed by atoms with Gasteiger partial charge >= 0.3 is 0 Å². The molecule has 1 aliphatic heterocycles. The van der Waals surface area contributed by atoms with Crippen molar-refractivity contribution < 1.29 is 8.42 Å². The molecule has 0 atom stereocenters. The molecular weight excluding hydrogens is 352 g/mol. The Labute approximate surface area is 146 Å². The van der Waals surface area contributed by atoms with E-state index in [4.69, 9.17) is 11.6 Å². The van der Waals surface area contributed by atoms with Crippen LogP contribution in [-0.4, -0.2) is 38.9 Å². The van der Waals surface area contributed by atoms with Gasteiger partial charge in [0.15, 0.2) is 0 Å². The number of halogens is 1. The van der Waals surface area contributed by atoms with E-state index in [1.54, 1.807) is 10.4 Å². The Hall–Kier alpha value is -1.08. The molecule has 1 aromatic heterocycles. The lowest BCUT2D eigenvalue weighted by atomic mass is 10.2. The third-order valence-electron chi connectivity index (χ3n) is 3.99. The van der Waals surface area contributed by atoms with Gasteiger partial charge in [0.05, 0.1) is 0 Å². The third-order valence-corrected chi connectivity index (χ3v) is 7.82. The SMILES string of the molecule is CCc1ccc(S(=O)(=O)N2CCN(c3cccc(Cl)c3)CC2)s1. The highest BCUT2D eigenvalue weighted by molar-refractivity contribution is 7.91. The van der Waals surface area contributed by atoms with Gasteiger partial charge in [0, 0.05) is 41.8 Å². The molecular formula is C16H19ClN2O2S2. The van der Waals surface area contributed by atoms with Gasteiger partial charge in [-0.15, -0.1) is 11.3 Å². The predicted octanol–water partition coefficient (Wildman–Crippen LogP) is 3.47. The van der Waals surface area contributed by atoms with E-state index in [0.717, 1.165) is 17.0 Å². The summed E-state index contributed by atoms with van der Waals surface area (Å²) in [6.45, 7) is 4.37. The van der Waals surface area contributed by atoms with Crippen molar-refractivity contribution in [3.05, 3.63) is 46.3 Å². The molecule has 1 fully saturated rings. The Morgan fingerprint density at radius 1 is 1.13 bits per heavy atom. The molecule has 23 heavy (non-hydrogen) atoms. The molecule has 2 heterocycles. The van der Waals surface area contributed by atoms with Crippen molar-refractivity contribution in [1.29, 1.82) is 0 Å².